The second-order valence-corrected chi connectivity index (χ2v) is 8.16. The number of piperidine rings is 1. The van der Waals surface area contributed by atoms with Crippen molar-refractivity contribution in [2.24, 2.45) is 5.92 Å². The number of hydrogen-bond donors (Lipinski definition) is 0. The summed E-state index contributed by atoms with van der Waals surface area (Å²) in [7, 11) is 0. The highest BCUT2D eigenvalue weighted by molar-refractivity contribution is 7.98. The molecular formula is C22H28N2O3S. The Morgan fingerprint density at radius 3 is 2.46 bits per heavy atom. The van der Waals surface area contributed by atoms with Gasteiger partial charge in [-0.15, -0.1) is 11.8 Å². The molecule has 0 radical (unpaired) electrons. The van der Waals surface area contributed by atoms with E-state index < -0.39 is 0 Å². The number of ether oxygens (including phenoxy) is 2. The zero-order valence-corrected chi connectivity index (χ0v) is 17.6. The van der Waals surface area contributed by atoms with Gasteiger partial charge in [-0.05, 0) is 63.1 Å². The van der Waals surface area contributed by atoms with E-state index in [2.05, 4.69) is 35.5 Å². The van der Waals surface area contributed by atoms with Gasteiger partial charge in [0, 0.05) is 23.5 Å². The second kappa shape index (κ2) is 9.82. The molecule has 0 atom stereocenters. The van der Waals surface area contributed by atoms with Crippen LogP contribution < -0.4 is 4.74 Å². The number of carbonyl (C=O) groups is 1. The van der Waals surface area contributed by atoms with Crippen LogP contribution in [0.1, 0.15) is 26.7 Å². The molecule has 0 spiro atoms. The summed E-state index contributed by atoms with van der Waals surface area (Å²) in [6, 6.07) is 12.4. The molecule has 0 N–H and O–H groups in total. The van der Waals surface area contributed by atoms with Crippen LogP contribution in [0.2, 0.25) is 0 Å². The average molecular weight is 401 g/mol. The van der Waals surface area contributed by atoms with Crippen molar-refractivity contribution < 1.29 is 14.3 Å². The molecule has 150 valence electrons. The number of amides is 1. The lowest BCUT2D eigenvalue weighted by Gasteiger charge is -2.31. The minimum absolute atomic E-state index is 0.0764. The number of thioether (sulfide) groups is 1. The SMILES string of the molecule is CSc1ccc(-c2ccc(OCC3CCN(C(=O)OC(C)C)CC3)cn2)cc1. The standard InChI is InChI=1S/C22H28N2O3S/c1-16(2)27-22(25)24-12-10-17(11-13-24)15-26-19-6-9-21(23-14-19)18-4-7-20(28-3)8-5-18/h4-9,14,16-17H,10-13,15H2,1-3H3. The summed E-state index contributed by atoms with van der Waals surface area (Å²) in [5.41, 5.74) is 2.04. The lowest BCUT2D eigenvalue weighted by molar-refractivity contribution is 0.0608. The number of hydrogen-bond acceptors (Lipinski definition) is 5. The van der Waals surface area contributed by atoms with Gasteiger partial charge < -0.3 is 14.4 Å². The van der Waals surface area contributed by atoms with Crippen LogP contribution in [-0.4, -0.2) is 48.0 Å². The number of nitrogens with zero attached hydrogens (tertiary/aromatic N) is 2. The fourth-order valence-electron chi connectivity index (χ4n) is 3.17. The van der Waals surface area contributed by atoms with Gasteiger partial charge in [-0.25, -0.2) is 4.79 Å². The van der Waals surface area contributed by atoms with Crippen LogP contribution in [0.15, 0.2) is 47.5 Å². The highest BCUT2D eigenvalue weighted by atomic mass is 32.2. The van der Waals surface area contributed by atoms with Crippen LogP contribution in [0, 0.1) is 5.92 Å². The van der Waals surface area contributed by atoms with Crippen molar-refractivity contribution >= 4 is 17.9 Å². The topological polar surface area (TPSA) is 51.7 Å². The minimum atomic E-state index is -0.209. The summed E-state index contributed by atoms with van der Waals surface area (Å²) in [5.74, 6) is 1.23. The molecular weight excluding hydrogens is 372 g/mol. The number of aromatic nitrogens is 1. The summed E-state index contributed by atoms with van der Waals surface area (Å²) in [5, 5.41) is 0. The zero-order chi connectivity index (χ0) is 19.9. The maximum Gasteiger partial charge on any atom is 0.410 e. The van der Waals surface area contributed by atoms with E-state index >= 15 is 0 Å². The predicted molar refractivity (Wildman–Crippen MR) is 113 cm³/mol. The summed E-state index contributed by atoms with van der Waals surface area (Å²) in [6.45, 7) is 5.84. The van der Waals surface area contributed by atoms with Crippen molar-refractivity contribution in [1.29, 1.82) is 0 Å². The molecule has 3 rings (SSSR count). The molecule has 1 fully saturated rings. The molecule has 6 heteroatoms. The van der Waals surface area contributed by atoms with E-state index in [1.807, 2.05) is 26.0 Å². The molecule has 1 aromatic carbocycles. The Morgan fingerprint density at radius 2 is 1.89 bits per heavy atom. The third kappa shape index (κ3) is 5.64. The molecule has 1 saturated heterocycles. The Hall–Kier alpha value is -2.21. The Balaban J connectivity index is 1.46. The highest BCUT2D eigenvalue weighted by Crippen LogP contribution is 2.24. The zero-order valence-electron chi connectivity index (χ0n) is 16.8. The van der Waals surface area contributed by atoms with E-state index in [1.165, 1.54) is 4.90 Å². The number of carbonyl (C=O) groups excluding carboxylic acids is 1. The Morgan fingerprint density at radius 1 is 1.18 bits per heavy atom. The first-order valence-electron chi connectivity index (χ1n) is 9.74. The first-order chi connectivity index (χ1) is 13.5. The molecule has 1 aliphatic rings. The number of benzene rings is 1. The summed E-state index contributed by atoms with van der Waals surface area (Å²) in [4.78, 5) is 19.5. The van der Waals surface area contributed by atoms with E-state index in [1.54, 1.807) is 22.9 Å². The third-order valence-corrected chi connectivity index (χ3v) is 5.56. The van der Waals surface area contributed by atoms with E-state index in [-0.39, 0.29) is 12.2 Å². The predicted octanol–water partition coefficient (Wildman–Crippen LogP) is 5.11. The van der Waals surface area contributed by atoms with E-state index in [9.17, 15) is 4.79 Å². The Kier molecular flexibility index (Phi) is 7.20. The molecule has 0 aliphatic carbocycles. The van der Waals surface area contributed by atoms with Crippen LogP contribution in [0.25, 0.3) is 11.3 Å². The van der Waals surface area contributed by atoms with E-state index in [0.29, 0.717) is 12.5 Å². The number of pyridine rings is 1. The fraction of sp³-hybridized carbons (Fsp3) is 0.455. The maximum atomic E-state index is 11.9. The van der Waals surface area contributed by atoms with Crippen LogP contribution in [0.5, 0.6) is 5.75 Å². The van der Waals surface area contributed by atoms with E-state index in [4.69, 9.17) is 9.47 Å². The number of rotatable bonds is 6. The lowest BCUT2D eigenvalue weighted by Crippen LogP contribution is -2.40. The van der Waals surface area contributed by atoms with Gasteiger partial charge in [0.15, 0.2) is 0 Å². The highest BCUT2D eigenvalue weighted by Gasteiger charge is 2.24. The van der Waals surface area contributed by atoms with Gasteiger partial charge in [-0.1, -0.05) is 12.1 Å². The first kappa shape index (κ1) is 20.5. The Labute approximate surface area is 171 Å². The van der Waals surface area contributed by atoms with Crippen molar-refractivity contribution in [2.45, 2.75) is 37.7 Å². The number of likely N-dealkylation sites (tertiary alicyclic amines) is 1. The lowest BCUT2D eigenvalue weighted by atomic mass is 9.98. The molecule has 0 bridgehead atoms. The fourth-order valence-corrected chi connectivity index (χ4v) is 3.58. The molecule has 0 unspecified atom stereocenters. The summed E-state index contributed by atoms with van der Waals surface area (Å²) < 4.78 is 11.2. The van der Waals surface area contributed by atoms with Crippen LogP contribution in [0.4, 0.5) is 4.79 Å². The van der Waals surface area contributed by atoms with Crippen molar-refractivity contribution in [3.05, 3.63) is 42.6 Å². The van der Waals surface area contributed by atoms with Crippen molar-refractivity contribution in [2.75, 3.05) is 26.0 Å². The van der Waals surface area contributed by atoms with E-state index in [0.717, 1.165) is 42.9 Å². The minimum Gasteiger partial charge on any atom is -0.492 e. The average Bonchev–Trinajstić information content (AvgIpc) is 2.72. The Bertz CT molecular complexity index is 754. The smallest absolute Gasteiger partial charge is 0.410 e. The van der Waals surface area contributed by atoms with Crippen molar-refractivity contribution in [3.63, 3.8) is 0 Å². The van der Waals surface area contributed by atoms with Crippen molar-refractivity contribution in [3.8, 4) is 17.0 Å². The molecule has 0 saturated carbocycles. The third-order valence-electron chi connectivity index (χ3n) is 4.82. The van der Waals surface area contributed by atoms with Gasteiger partial charge in [0.05, 0.1) is 24.6 Å². The van der Waals surface area contributed by atoms with Gasteiger partial charge in [0.2, 0.25) is 0 Å². The maximum absolute atomic E-state index is 11.9. The molecule has 2 heterocycles. The molecule has 2 aromatic rings. The van der Waals surface area contributed by atoms with Crippen LogP contribution >= 0.6 is 11.8 Å². The molecule has 28 heavy (non-hydrogen) atoms. The summed E-state index contributed by atoms with van der Waals surface area (Å²) in [6.07, 6.45) is 5.43. The second-order valence-electron chi connectivity index (χ2n) is 7.28. The van der Waals surface area contributed by atoms with Crippen molar-refractivity contribution in [1.82, 2.24) is 9.88 Å². The van der Waals surface area contributed by atoms with Crippen LogP contribution in [0.3, 0.4) is 0 Å². The van der Waals surface area contributed by atoms with Gasteiger partial charge in [0.25, 0.3) is 0 Å². The molecule has 1 aliphatic heterocycles. The van der Waals surface area contributed by atoms with Gasteiger partial charge in [0.1, 0.15) is 5.75 Å². The van der Waals surface area contributed by atoms with Gasteiger partial charge >= 0.3 is 6.09 Å². The molecule has 5 nitrogen and oxygen atoms in total. The quantitative estimate of drug-likeness (QED) is 0.631. The monoisotopic (exact) mass is 400 g/mol. The van der Waals surface area contributed by atoms with Gasteiger partial charge in [-0.3, -0.25) is 4.98 Å². The first-order valence-corrected chi connectivity index (χ1v) is 11.0. The normalized spacial score (nSPS) is 14.9. The summed E-state index contributed by atoms with van der Waals surface area (Å²) >= 11 is 1.73. The largest absolute Gasteiger partial charge is 0.492 e. The van der Waals surface area contributed by atoms with Gasteiger partial charge in [-0.2, -0.15) is 0 Å². The van der Waals surface area contributed by atoms with Crippen LogP contribution in [-0.2, 0) is 4.74 Å². The molecule has 1 aromatic heterocycles. The molecule has 1 amide bonds.